The van der Waals surface area contributed by atoms with Gasteiger partial charge in [0.25, 0.3) is 0 Å². The summed E-state index contributed by atoms with van der Waals surface area (Å²) in [5.41, 5.74) is 2.72. The van der Waals surface area contributed by atoms with Crippen molar-refractivity contribution in [1.82, 2.24) is 0 Å². The van der Waals surface area contributed by atoms with E-state index in [4.69, 9.17) is 0 Å². The van der Waals surface area contributed by atoms with Crippen LogP contribution in [-0.2, 0) is 10.2 Å². The number of aryl methyl sites for hydroxylation is 2. The fourth-order valence-electron chi connectivity index (χ4n) is 3.11. The van der Waals surface area contributed by atoms with Crippen LogP contribution >= 0.6 is 0 Å². The number of anilines is 1. The number of benzene rings is 2. The molecule has 1 aliphatic rings. The van der Waals surface area contributed by atoms with E-state index in [9.17, 15) is 9.18 Å². The fourth-order valence-corrected chi connectivity index (χ4v) is 3.11. The Morgan fingerprint density at radius 1 is 1.14 bits per heavy atom. The standard InChI is InChI=1S/C19H20FNO/c1-13-8-9-14(2)17(12-13)21-18(22)19(10-5-11-19)15-6-3-4-7-16(15)20/h3-4,6-9,12H,5,10-11H2,1-2H3,(H,21,22). The molecule has 2 aromatic carbocycles. The van der Waals surface area contributed by atoms with E-state index in [1.807, 2.05) is 32.0 Å². The summed E-state index contributed by atoms with van der Waals surface area (Å²) in [6.45, 7) is 3.96. The minimum absolute atomic E-state index is 0.0995. The maximum atomic E-state index is 14.2. The maximum Gasteiger partial charge on any atom is 0.235 e. The normalized spacial score (nSPS) is 16.0. The van der Waals surface area contributed by atoms with E-state index in [2.05, 4.69) is 5.32 Å². The van der Waals surface area contributed by atoms with Gasteiger partial charge in [0.1, 0.15) is 5.82 Å². The highest BCUT2D eigenvalue weighted by atomic mass is 19.1. The Bertz CT molecular complexity index is 719. The Morgan fingerprint density at radius 3 is 2.50 bits per heavy atom. The van der Waals surface area contributed by atoms with E-state index >= 15 is 0 Å². The van der Waals surface area contributed by atoms with Gasteiger partial charge < -0.3 is 5.32 Å². The van der Waals surface area contributed by atoms with Crippen LogP contribution in [0.2, 0.25) is 0 Å². The van der Waals surface area contributed by atoms with Crippen LogP contribution in [0.5, 0.6) is 0 Å². The Hall–Kier alpha value is -2.16. The molecule has 1 fully saturated rings. The van der Waals surface area contributed by atoms with E-state index in [-0.39, 0.29) is 11.7 Å². The average molecular weight is 297 g/mol. The topological polar surface area (TPSA) is 29.1 Å². The van der Waals surface area contributed by atoms with Gasteiger partial charge >= 0.3 is 0 Å². The lowest BCUT2D eigenvalue weighted by atomic mass is 9.63. The highest BCUT2D eigenvalue weighted by Gasteiger charge is 2.47. The zero-order valence-electron chi connectivity index (χ0n) is 12.9. The Kier molecular flexibility index (Phi) is 3.73. The van der Waals surface area contributed by atoms with Crippen molar-refractivity contribution in [3.05, 3.63) is 65.0 Å². The van der Waals surface area contributed by atoms with Gasteiger partial charge in [0.05, 0.1) is 5.41 Å². The lowest BCUT2D eigenvalue weighted by molar-refractivity contribution is -0.124. The van der Waals surface area contributed by atoms with E-state index in [1.54, 1.807) is 18.2 Å². The van der Waals surface area contributed by atoms with E-state index in [0.29, 0.717) is 18.4 Å². The molecule has 1 aliphatic carbocycles. The van der Waals surface area contributed by atoms with Gasteiger partial charge in [-0.1, -0.05) is 36.8 Å². The molecule has 114 valence electrons. The number of halogens is 1. The molecule has 3 rings (SSSR count). The number of amides is 1. The Balaban J connectivity index is 1.93. The van der Waals surface area contributed by atoms with Crippen molar-refractivity contribution in [3.63, 3.8) is 0 Å². The van der Waals surface area contributed by atoms with E-state index < -0.39 is 5.41 Å². The van der Waals surface area contributed by atoms with Gasteiger partial charge in [-0.2, -0.15) is 0 Å². The molecule has 0 radical (unpaired) electrons. The molecule has 0 spiro atoms. The van der Waals surface area contributed by atoms with Crippen molar-refractivity contribution in [2.75, 3.05) is 5.32 Å². The molecule has 1 saturated carbocycles. The van der Waals surface area contributed by atoms with Gasteiger partial charge in [0, 0.05) is 11.3 Å². The minimum atomic E-state index is -0.721. The number of hydrogen-bond donors (Lipinski definition) is 1. The molecule has 0 aliphatic heterocycles. The highest BCUT2D eigenvalue weighted by Crippen LogP contribution is 2.45. The molecule has 0 aromatic heterocycles. The summed E-state index contributed by atoms with van der Waals surface area (Å²) in [6.07, 6.45) is 2.35. The van der Waals surface area contributed by atoms with Gasteiger partial charge in [-0.25, -0.2) is 4.39 Å². The fraction of sp³-hybridized carbons (Fsp3) is 0.316. The molecule has 3 heteroatoms. The second-order valence-corrected chi connectivity index (χ2v) is 6.19. The largest absolute Gasteiger partial charge is 0.325 e. The summed E-state index contributed by atoms with van der Waals surface area (Å²) in [7, 11) is 0. The predicted octanol–water partition coefficient (Wildman–Crippen LogP) is 4.50. The van der Waals surface area contributed by atoms with Crippen molar-refractivity contribution in [1.29, 1.82) is 0 Å². The monoisotopic (exact) mass is 297 g/mol. The van der Waals surface area contributed by atoms with Crippen LogP contribution < -0.4 is 5.32 Å². The number of nitrogens with one attached hydrogen (secondary N) is 1. The molecule has 0 unspecified atom stereocenters. The first kappa shape index (κ1) is 14.8. The van der Waals surface area contributed by atoms with Crippen molar-refractivity contribution < 1.29 is 9.18 Å². The SMILES string of the molecule is Cc1ccc(C)c(NC(=O)C2(c3ccccc3F)CCC2)c1. The molecule has 22 heavy (non-hydrogen) atoms. The van der Waals surface area contributed by atoms with E-state index in [0.717, 1.165) is 23.2 Å². The smallest absolute Gasteiger partial charge is 0.235 e. The van der Waals surface area contributed by atoms with Gasteiger partial charge in [0.15, 0.2) is 0 Å². The van der Waals surface area contributed by atoms with Crippen molar-refractivity contribution in [2.24, 2.45) is 0 Å². The molecule has 1 N–H and O–H groups in total. The number of rotatable bonds is 3. The summed E-state index contributed by atoms with van der Waals surface area (Å²) >= 11 is 0. The summed E-state index contributed by atoms with van der Waals surface area (Å²) in [5.74, 6) is -0.393. The summed E-state index contributed by atoms with van der Waals surface area (Å²) in [5, 5.41) is 3.01. The van der Waals surface area contributed by atoms with Crippen molar-refractivity contribution in [3.8, 4) is 0 Å². The zero-order valence-corrected chi connectivity index (χ0v) is 12.9. The van der Waals surface area contributed by atoms with Crippen molar-refractivity contribution in [2.45, 2.75) is 38.5 Å². The first-order valence-electron chi connectivity index (χ1n) is 7.67. The highest BCUT2D eigenvalue weighted by molar-refractivity contribution is 6.00. The Labute approximate surface area is 130 Å². The van der Waals surface area contributed by atoms with Crippen LogP contribution in [0.4, 0.5) is 10.1 Å². The second kappa shape index (κ2) is 5.56. The molecule has 0 bridgehead atoms. The lowest BCUT2D eigenvalue weighted by Crippen LogP contribution is -2.46. The van der Waals surface area contributed by atoms with Gasteiger partial charge in [-0.15, -0.1) is 0 Å². The van der Waals surface area contributed by atoms with Crippen LogP contribution in [0.1, 0.15) is 36.0 Å². The number of carbonyl (C=O) groups is 1. The number of carbonyl (C=O) groups excluding carboxylic acids is 1. The molecule has 0 atom stereocenters. The van der Waals surface area contributed by atoms with Crippen LogP contribution in [-0.4, -0.2) is 5.91 Å². The maximum absolute atomic E-state index is 14.2. The predicted molar refractivity (Wildman–Crippen MR) is 86.5 cm³/mol. The second-order valence-electron chi connectivity index (χ2n) is 6.19. The summed E-state index contributed by atoms with van der Waals surface area (Å²) < 4.78 is 14.2. The van der Waals surface area contributed by atoms with Gasteiger partial charge in [-0.3, -0.25) is 4.79 Å². The van der Waals surface area contributed by atoms with Crippen LogP contribution in [0.15, 0.2) is 42.5 Å². The third-order valence-electron chi connectivity index (χ3n) is 4.67. The third kappa shape index (κ3) is 2.41. The molecule has 1 amide bonds. The molecule has 0 saturated heterocycles. The molecular formula is C19H20FNO. The summed E-state index contributed by atoms with van der Waals surface area (Å²) in [6, 6.07) is 12.6. The molecular weight excluding hydrogens is 277 g/mol. The zero-order chi connectivity index (χ0) is 15.7. The number of hydrogen-bond acceptors (Lipinski definition) is 1. The average Bonchev–Trinajstić information content (AvgIpc) is 2.44. The Morgan fingerprint density at radius 2 is 1.86 bits per heavy atom. The minimum Gasteiger partial charge on any atom is -0.325 e. The van der Waals surface area contributed by atoms with Crippen LogP contribution in [0.3, 0.4) is 0 Å². The summed E-state index contributed by atoms with van der Waals surface area (Å²) in [4.78, 5) is 12.9. The van der Waals surface area contributed by atoms with Gasteiger partial charge in [0.2, 0.25) is 5.91 Å². The molecule has 0 heterocycles. The van der Waals surface area contributed by atoms with E-state index in [1.165, 1.54) is 6.07 Å². The van der Waals surface area contributed by atoms with Crippen LogP contribution in [0, 0.1) is 19.7 Å². The first-order chi connectivity index (χ1) is 10.5. The molecule has 2 aromatic rings. The quantitative estimate of drug-likeness (QED) is 0.887. The first-order valence-corrected chi connectivity index (χ1v) is 7.67. The van der Waals surface area contributed by atoms with Crippen LogP contribution in [0.25, 0.3) is 0 Å². The third-order valence-corrected chi connectivity index (χ3v) is 4.67. The molecule has 2 nitrogen and oxygen atoms in total. The van der Waals surface area contributed by atoms with Gasteiger partial charge in [-0.05, 0) is 49.9 Å². The lowest BCUT2D eigenvalue weighted by Gasteiger charge is -2.41. The van der Waals surface area contributed by atoms with Crippen molar-refractivity contribution >= 4 is 11.6 Å².